The fraction of sp³-hybridized carbons (Fsp3) is 0.769. The van der Waals surface area contributed by atoms with Crippen LogP contribution in [-0.4, -0.2) is 17.0 Å². The van der Waals surface area contributed by atoms with Crippen molar-refractivity contribution in [3.05, 3.63) is 11.8 Å². The molecule has 2 nitrogen and oxygen atoms in total. The molecular formula is C13H25N2S+. The summed E-state index contributed by atoms with van der Waals surface area (Å²) in [5, 5.41) is 0. The molecule has 0 fully saturated rings. The zero-order chi connectivity index (χ0) is 12.0. The average Bonchev–Trinajstić information content (AvgIpc) is 2.24. The highest BCUT2D eigenvalue weighted by atomic mass is 32.2. The molecule has 0 saturated heterocycles. The number of hydrogen-bond donors (Lipinski definition) is 1. The van der Waals surface area contributed by atoms with E-state index < -0.39 is 0 Å². The van der Waals surface area contributed by atoms with Crippen LogP contribution in [0.5, 0.6) is 0 Å². The molecule has 3 heteroatoms. The number of nitrogens with one attached hydrogen (secondary N) is 1. The van der Waals surface area contributed by atoms with Crippen molar-refractivity contribution < 1.29 is 0 Å². The highest BCUT2D eigenvalue weighted by Gasteiger charge is 2.24. The molecule has 0 aromatic carbocycles. The van der Waals surface area contributed by atoms with Crippen LogP contribution in [0.25, 0.3) is 0 Å². The Kier molecular flexibility index (Phi) is 5.56. The van der Waals surface area contributed by atoms with Crippen LogP contribution in [0.1, 0.15) is 53.4 Å². The Labute approximate surface area is 104 Å². The lowest BCUT2D eigenvalue weighted by Crippen LogP contribution is -2.36. The lowest BCUT2D eigenvalue weighted by molar-refractivity contribution is 0.621. The van der Waals surface area contributed by atoms with Gasteiger partial charge in [-0.2, -0.15) is 0 Å². The van der Waals surface area contributed by atoms with Gasteiger partial charge in [-0.15, -0.1) is 4.72 Å². The second kappa shape index (κ2) is 6.45. The van der Waals surface area contributed by atoms with Gasteiger partial charge in [0.2, 0.25) is 0 Å². The monoisotopic (exact) mass is 241 g/mol. The molecule has 0 amide bonds. The third-order valence-electron chi connectivity index (χ3n) is 2.38. The van der Waals surface area contributed by atoms with Crippen LogP contribution in [-0.2, 0) is 11.9 Å². The van der Waals surface area contributed by atoms with Crippen LogP contribution < -0.4 is 4.72 Å². The Bertz CT molecular complexity index is 264. The largest absolute Gasteiger partial charge is 0.264 e. The van der Waals surface area contributed by atoms with Crippen LogP contribution in [0.3, 0.4) is 0 Å². The fourth-order valence-corrected chi connectivity index (χ4v) is 2.40. The van der Waals surface area contributed by atoms with Crippen LogP contribution >= 0.6 is 0 Å². The van der Waals surface area contributed by atoms with Crippen LogP contribution in [0.4, 0.5) is 0 Å². The average molecular weight is 241 g/mol. The van der Waals surface area contributed by atoms with Gasteiger partial charge >= 0.3 is 0 Å². The number of nitrogens with zero attached hydrogens (tertiary/aromatic N) is 1. The summed E-state index contributed by atoms with van der Waals surface area (Å²) < 4.78 is 3.93. The second-order valence-corrected chi connectivity index (χ2v) is 7.09. The number of rotatable bonds is 5. The molecule has 92 valence electrons. The van der Waals surface area contributed by atoms with Gasteiger partial charge in [0.1, 0.15) is 4.75 Å². The van der Waals surface area contributed by atoms with Gasteiger partial charge in [-0.1, -0.05) is 19.4 Å². The molecule has 1 unspecified atom stereocenters. The van der Waals surface area contributed by atoms with E-state index in [-0.39, 0.29) is 0 Å². The molecule has 0 saturated carbocycles. The van der Waals surface area contributed by atoms with Gasteiger partial charge in [-0.3, -0.25) is 4.99 Å². The molecule has 0 bridgehead atoms. The van der Waals surface area contributed by atoms with Gasteiger partial charge in [0.05, 0.1) is 23.7 Å². The van der Waals surface area contributed by atoms with Crippen molar-refractivity contribution in [3.8, 4) is 0 Å². The molecule has 1 aliphatic rings. The first kappa shape index (κ1) is 13.8. The Balaban J connectivity index is 2.53. The molecule has 1 N–H and O–H groups in total. The van der Waals surface area contributed by atoms with Crippen molar-refractivity contribution >= 4 is 18.2 Å². The predicted octanol–water partition coefficient (Wildman–Crippen LogP) is 3.02. The van der Waals surface area contributed by atoms with E-state index in [9.17, 15) is 0 Å². The van der Waals surface area contributed by atoms with Gasteiger partial charge in [0.25, 0.3) is 0 Å². The second-order valence-electron chi connectivity index (χ2n) is 5.27. The van der Waals surface area contributed by atoms with Gasteiger partial charge in [-0.05, 0) is 40.0 Å². The molecule has 0 radical (unpaired) electrons. The van der Waals surface area contributed by atoms with Crippen molar-refractivity contribution in [2.75, 3.05) is 0 Å². The molecule has 16 heavy (non-hydrogen) atoms. The molecule has 0 aliphatic carbocycles. The lowest BCUT2D eigenvalue weighted by Gasteiger charge is -2.19. The third-order valence-corrected chi connectivity index (χ3v) is 3.49. The lowest BCUT2D eigenvalue weighted by atomic mass is 10.1. The van der Waals surface area contributed by atoms with E-state index in [1.807, 2.05) is 6.21 Å². The standard InChI is InChI=1S/C13H24N2S/c1-5-8-12(15-16-13(2,3)4)11-9-6-7-10-14-11/h9-10,12,15H,5-8H2,1-4H3/p+1. The first-order valence-corrected chi connectivity index (χ1v) is 7.12. The summed E-state index contributed by atoms with van der Waals surface area (Å²) in [5.74, 6) is 0. The molecule has 0 aromatic heterocycles. The first-order chi connectivity index (χ1) is 7.53. The summed E-state index contributed by atoms with van der Waals surface area (Å²) in [5.41, 5.74) is 1.24. The zero-order valence-electron chi connectivity index (χ0n) is 11.0. The van der Waals surface area contributed by atoms with Gasteiger partial charge in [0, 0.05) is 6.21 Å². The van der Waals surface area contributed by atoms with E-state index in [1.54, 1.807) is 0 Å². The van der Waals surface area contributed by atoms with Crippen LogP contribution in [0, 0.1) is 0 Å². The molecule has 1 heterocycles. The minimum atomic E-state index is 0.310. The SMILES string of the molecule is CCCC(N[SH+]C(C)(C)C)C1=CCCC=N1. The smallest absolute Gasteiger partial charge is 0.136 e. The third kappa shape index (κ3) is 5.17. The Morgan fingerprint density at radius 3 is 2.69 bits per heavy atom. The summed E-state index contributed by atoms with van der Waals surface area (Å²) in [4.78, 5) is 4.52. The molecular weight excluding hydrogens is 216 g/mol. The Hall–Kier alpha value is -0.280. The minimum Gasteiger partial charge on any atom is -0.264 e. The normalized spacial score (nSPS) is 18.4. The maximum Gasteiger partial charge on any atom is 0.136 e. The zero-order valence-corrected chi connectivity index (χ0v) is 11.8. The van der Waals surface area contributed by atoms with E-state index in [2.05, 4.69) is 43.5 Å². The molecule has 1 aliphatic heterocycles. The summed E-state index contributed by atoms with van der Waals surface area (Å²) in [7, 11) is 0. The number of hydrogen-bond acceptors (Lipinski definition) is 2. The van der Waals surface area contributed by atoms with Gasteiger partial charge in [-0.25, -0.2) is 0 Å². The quantitative estimate of drug-likeness (QED) is 0.581. The van der Waals surface area contributed by atoms with Crippen molar-refractivity contribution in [3.63, 3.8) is 0 Å². The summed E-state index contributed by atoms with van der Waals surface area (Å²) in [6.45, 7) is 8.99. The molecule has 1 atom stereocenters. The summed E-state index contributed by atoms with van der Waals surface area (Å²) >= 11 is 1.30. The number of aliphatic imine (C=N–C) groups is 1. The Morgan fingerprint density at radius 1 is 1.44 bits per heavy atom. The summed E-state index contributed by atoms with van der Waals surface area (Å²) in [6.07, 6.45) is 8.95. The van der Waals surface area contributed by atoms with Gasteiger partial charge in [0.15, 0.2) is 0 Å². The fourth-order valence-electron chi connectivity index (χ4n) is 1.60. The van der Waals surface area contributed by atoms with E-state index in [4.69, 9.17) is 0 Å². The minimum absolute atomic E-state index is 0.310. The van der Waals surface area contributed by atoms with E-state index in [0.29, 0.717) is 10.8 Å². The summed E-state index contributed by atoms with van der Waals surface area (Å²) in [6, 6.07) is 0.433. The maximum absolute atomic E-state index is 4.52. The van der Waals surface area contributed by atoms with E-state index >= 15 is 0 Å². The van der Waals surface area contributed by atoms with Crippen molar-refractivity contribution in [1.82, 2.24) is 4.72 Å². The highest BCUT2D eigenvalue weighted by molar-refractivity contribution is 7.77. The first-order valence-electron chi connectivity index (χ1n) is 6.23. The van der Waals surface area contributed by atoms with Crippen molar-refractivity contribution in [2.45, 2.75) is 64.2 Å². The Morgan fingerprint density at radius 2 is 2.19 bits per heavy atom. The molecule has 1 rings (SSSR count). The van der Waals surface area contributed by atoms with Crippen molar-refractivity contribution in [1.29, 1.82) is 0 Å². The number of thiol groups is 1. The van der Waals surface area contributed by atoms with Gasteiger partial charge < -0.3 is 0 Å². The van der Waals surface area contributed by atoms with Crippen molar-refractivity contribution in [2.24, 2.45) is 4.99 Å². The van der Waals surface area contributed by atoms with Crippen LogP contribution in [0.15, 0.2) is 16.8 Å². The van der Waals surface area contributed by atoms with E-state index in [1.165, 1.54) is 30.5 Å². The molecule has 0 aromatic rings. The highest BCUT2D eigenvalue weighted by Crippen LogP contribution is 2.17. The predicted molar refractivity (Wildman–Crippen MR) is 76.2 cm³/mol. The molecule has 0 spiro atoms. The maximum atomic E-state index is 4.52. The van der Waals surface area contributed by atoms with E-state index in [0.717, 1.165) is 12.8 Å². The number of allylic oxidation sites excluding steroid dienone is 1. The van der Waals surface area contributed by atoms with Crippen LogP contribution in [0.2, 0.25) is 0 Å². The topological polar surface area (TPSA) is 24.4 Å².